The summed E-state index contributed by atoms with van der Waals surface area (Å²) in [5.74, 6) is -1.06. The number of carbonyl (C=O) groups is 2. The molecule has 1 heterocycles. The zero-order valence-corrected chi connectivity index (χ0v) is 18.6. The highest BCUT2D eigenvalue weighted by molar-refractivity contribution is 7.89. The quantitative estimate of drug-likeness (QED) is 0.657. The minimum atomic E-state index is -3.61. The van der Waals surface area contributed by atoms with Crippen LogP contribution in [0, 0.1) is 19.8 Å². The second kappa shape index (κ2) is 10.2. The van der Waals surface area contributed by atoms with Gasteiger partial charge in [-0.3, -0.25) is 9.59 Å². The molecule has 0 spiro atoms. The van der Waals surface area contributed by atoms with Crippen molar-refractivity contribution in [2.45, 2.75) is 64.3 Å². The van der Waals surface area contributed by atoms with Gasteiger partial charge in [-0.2, -0.15) is 4.31 Å². The van der Waals surface area contributed by atoms with Gasteiger partial charge in [-0.25, -0.2) is 8.42 Å². The molecular weight excluding hydrogens is 390 g/mol. The molecule has 1 aliphatic rings. The molecule has 1 fully saturated rings. The van der Waals surface area contributed by atoms with Crippen LogP contribution in [0.5, 0.6) is 0 Å². The number of carbonyl (C=O) groups excluding carboxylic acids is 2. The van der Waals surface area contributed by atoms with Crippen molar-refractivity contribution in [2.75, 3.05) is 19.6 Å². The van der Waals surface area contributed by atoms with Gasteiger partial charge in [0.05, 0.1) is 4.90 Å². The maximum atomic E-state index is 13.3. The average molecular weight is 424 g/mol. The van der Waals surface area contributed by atoms with Crippen molar-refractivity contribution in [1.82, 2.24) is 14.9 Å². The lowest BCUT2D eigenvalue weighted by Crippen LogP contribution is -2.46. The van der Waals surface area contributed by atoms with E-state index in [0.717, 1.165) is 30.4 Å². The largest absolute Gasteiger partial charge is 0.348 e. The van der Waals surface area contributed by atoms with Gasteiger partial charge in [0, 0.05) is 25.7 Å². The number of aryl methyl sites for hydroxylation is 2. The molecule has 1 atom stereocenters. The van der Waals surface area contributed by atoms with Crippen LogP contribution < -0.4 is 10.6 Å². The van der Waals surface area contributed by atoms with Gasteiger partial charge in [-0.15, -0.1) is 0 Å². The van der Waals surface area contributed by atoms with E-state index in [1.165, 1.54) is 0 Å². The van der Waals surface area contributed by atoms with Crippen molar-refractivity contribution in [3.8, 4) is 0 Å². The molecule has 0 aliphatic carbocycles. The molecule has 8 heteroatoms. The number of piperidine rings is 1. The lowest BCUT2D eigenvalue weighted by molar-refractivity contribution is -0.139. The van der Waals surface area contributed by atoms with Crippen LogP contribution in [0.4, 0.5) is 0 Å². The van der Waals surface area contributed by atoms with Crippen molar-refractivity contribution in [3.05, 3.63) is 29.3 Å². The predicted octanol–water partition coefficient (Wildman–Crippen LogP) is 2.13. The van der Waals surface area contributed by atoms with Crippen molar-refractivity contribution in [2.24, 2.45) is 5.92 Å². The fourth-order valence-electron chi connectivity index (χ4n) is 3.50. The van der Waals surface area contributed by atoms with Crippen LogP contribution in [0.2, 0.25) is 0 Å². The summed E-state index contributed by atoms with van der Waals surface area (Å²) in [5, 5.41) is 5.19. The Labute approximate surface area is 174 Å². The van der Waals surface area contributed by atoms with E-state index < -0.39 is 21.8 Å². The Morgan fingerprint density at radius 3 is 2.52 bits per heavy atom. The second-order valence-electron chi connectivity index (χ2n) is 8.18. The van der Waals surface area contributed by atoms with E-state index in [1.54, 1.807) is 17.3 Å². The second-order valence-corrected chi connectivity index (χ2v) is 10.0. The molecule has 2 amide bonds. The minimum absolute atomic E-state index is 0.187. The van der Waals surface area contributed by atoms with E-state index in [0.29, 0.717) is 24.4 Å². The average Bonchev–Trinajstić information content (AvgIpc) is 2.68. The first-order valence-corrected chi connectivity index (χ1v) is 11.7. The van der Waals surface area contributed by atoms with E-state index in [-0.39, 0.29) is 18.5 Å². The summed E-state index contributed by atoms with van der Waals surface area (Å²) in [7, 11) is -3.61. The fourth-order valence-corrected chi connectivity index (χ4v) is 5.54. The monoisotopic (exact) mass is 423 g/mol. The van der Waals surface area contributed by atoms with Crippen molar-refractivity contribution >= 4 is 21.8 Å². The minimum Gasteiger partial charge on any atom is -0.348 e. The molecule has 1 aromatic rings. The number of hydrogen-bond donors (Lipinski definition) is 2. The van der Waals surface area contributed by atoms with Gasteiger partial charge in [0.15, 0.2) is 0 Å². The molecule has 29 heavy (non-hydrogen) atoms. The third-order valence-electron chi connectivity index (χ3n) is 5.14. The Morgan fingerprint density at radius 2 is 1.83 bits per heavy atom. The molecule has 1 aliphatic heterocycles. The lowest BCUT2D eigenvalue weighted by Gasteiger charge is -2.35. The molecule has 0 saturated carbocycles. The molecule has 0 radical (unpaired) electrons. The van der Waals surface area contributed by atoms with Gasteiger partial charge in [-0.05, 0) is 56.2 Å². The smallest absolute Gasteiger partial charge is 0.309 e. The summed E-state index contributed by atoms with van der Waals surface area (Å²) >= 11 is 0. The van der Waals surface area contributed by atoms with Gasteiger partial charge in [-0.1, -0.05) is 32.4 Å². The summed E-state index contributed by atoms with van der Waals surface area (Å²) in [4.78, 5) is 24.1. The standard InChI is InChI=1S/C21H33N3O4S/c1-15(2)14-23-21(26)20(25)22-11-10-18-7-5-6-12-24(18)29(27,28)19-13-16(3)8-9-17(19)4/h8-9,13,15,18H,5-7,10-12,14H2,1-4H3,(H,22,25)(H,23,26)/t18-/m1/s1. The Balaban J connectivity index is 2.02. The zero-order valence-electron chi connectivity index (χ0n) is 17.8. The zero-order chi connectivity index (χ0) is 21.6. The van der Waals surface area contributed by atoms with Crippen LogP contribution in [0.25, 0.3) is 0 Å². The van der Waals surface area contributed by atoms with E-state index in [1.807, 2.05) is 32.9 Å². The Kier molecular flexibility index (Phi) is 8.22. The van der Waals surface area contributed by atoms with Gasteiger partial charge < -0.3 is 10.6 Å². The summed E-state index contributed by atoms with van der Waals surface area (Å²) in [6.07, 6.45) is 3.00. The van der Waals surface area contributed by atoms with Crippen LogP contribution in [-0.4, -0.2) is 50.2 Å². The highest BCUT2D eigenvalue weighted by Gasteiger charge is 2.34. The van der Waals surface area contributed by atoms with Crippen LogP contribution in [-0.2, 0) is 19.6 Å². The highest BCUT2D eigenvalue weighted by atomic mass is 32.2. The lowest BCUT2D eigenvalue weighted by atomic mass is 10.0. The summed E-state index contributed by atoms with van der Waals surface area (Å²) in [5.41, 5.74) is 1.64. The summed E-state index contributed by atoms with van der Waals surface area (Å²) in [6.45, 7) is 8.77. The van der Waals surface area contributed by atoms with E-state index in [4.69, 9.17) is 0 Å². The Bertz CT molecular complexity index is 836. The van der Waals surface area contributed by atoms with Gasteiger partial charge in [0.1, 0.15) is 0 Å². The molecule has 0 unspecified atom stereocenters. The summed E-state index contributed by atoms with van der Waals surface area (Å²) in [6, 6.07) is 5.27. The number of nitrogens with one attached hydrogen (secondary N) is 2. The molecule has 2 rings (SSSR count). The maximum Gasteiger partial charge on any atom is 0.309 e. The first-order chi connectivity index (χ1) is 13.6. The van der Waals surface area contributed by atoms with Crippen molar-refractivity contribution < 1.29 is 18.0 Å². The Morgan fingerprint density at radius 1 is 1.14 bits per heavy atom. The van der Waals surface area contributed by atoms with Crippen LogP contribution in [0.3, 0.4) is 0 Å². The van der Waals surface area contributed by atoms with Crippen molar-refractivity contribution in [3.63, 3.8) is 0 Å². The molecule has 7 nitrogen and oxygen atoms in total. The maximum absolute atomic E-state index is 13.3. The molecule has 1 aromatic carbocycles. The first kappa shape index (κ1) is 23.3. The molecule has 1 saturated heterocycles. The van der Waals surface area contributed by atoms with Gasteiger partial charge in [0.2, 0.25) is 10.0 Å². The number of rotatable bonds is 7. The number of amides is 2. The topological polar surface area (TPSA) is 95.6 Å². The summed E-state index contributed by atoms with van der Waals surface area (Å²) < 4.78 is 28.2. The number of nitrogens with zero attached hydrogens (tertiary/aromatic N) is 1. The number of benzene rings is 1. The normalized spacial score (nSPS) is 17.9. The molecule has 2 N–H and O–H groups in total. The first-order valence-electron chi connectivity index (χ1n) is 10.3. The number of sulfonamides is 1. The molecule has 0 bridgehead atoms. The van der Waals surface area contributed by atoms with Gasteiger partial charge >= 0.3 is 11.8 Å². The molecule has 0 aromatic heterocycles. The third-order valence-corrected chi connectivity index (χ3v) is 7.24. The van der Waals surface area contributed by atoms with E-state index >= 15 is 0 Å². The van der Waals surface area contributed by atoms with E-state index in [9.17, 15) is 18.0 Å². The van der Waals surface area contributed by atoms with Crippen molar-refractivity contribution in [1.29, 1.82) is 0 Å². The third kappa shape index (κ3) is 6.27. The van der Waals surface area contributed by atoms with Crippen LogP contribution >= 0.6 is 0 Å². The fraction of sp³-hybridized carbons (Fsp3) is 0.619. The van der Waals surface area contributed by atoms with Crippen LogP contribution in [0.15, 0.2) is 23.1 Å². The Hall–Kier alpha value is -1.93. The number of hydrogen-bond acceptors (Lipinski definition) is 4. The van der Waals surface area contributed by atoms with E-state index in [2.05, 4.69) is 10.6 Å². The predicted molar refractivity (Wildman–Crippen MR) is 113 cm³/mol. The SMILES string of the molecule is Cc1ccc(C)c(S(=O)(=O)N2CCCC[C@@H]2CCNC(=O)C(=O)NCC(C)C)c1. The molecular formula is C21H33N3O4S. The highest BCUT2D eigenvalue weighted by Crippen LogP contribution is 2.29. The van der Waals surface area contributed by atoms with Gasteiger partial charge in [0.25, 0.3) is 0 Å². The van der Waals surface area contributed by atoms with Crippen LogP contribution in [0.1, 0.15) is 50.7 Å². The molecule has 162 valence electrons.